The van der Waals surface area contributed by atoms with Gasteiger partial charge in [-0.3, -0.25) is 0 Å². The lowest BCUT2D eigenvalue weighted by atomic mass is 9.84. The van der Waals surface area contributed by atoms with Crippen molar-refractivity contribution in [3.05, 3.63) is 197 Å². The second-order valence-electron chi connectivity index (χ2n) is 14.5. The van der Waals surface area contributed by atoms with Crippen LogP contribution in [-0.4, -0.2) is 12.9 Å². The summed E-state index contributed by atoms with van der Waals surface area (Å²) in [6.45, 7) is 8.75. The molecule has 1 aliphatic rings. The first-order chi connectivity index (χ1) is 27.8. The van der Waals surface area contributed by atoms with Gasteiger partial charge in [-0.25, -0.2) is 0 Å². The number of hydrogen-bond acceptors (Lipinski definition) is 3. The van der Waals surface area contributed by atoms with E-state index in [1.165, 1.54) is 24.3 Å². The van der Waals surface area contributed by atoms with E-state index in [4.69, 9.17) is 0 Å². The maximum Gasteiger partial charge on any atom is 0.573 e. The van der Waals surface area contributed by atoms with Crippen LogP contribution in [0.4, 0.5) is 56.6 Å². The van der Waals surface area contributed by atoms with Crippen LogP contribution < -0.4 is 10.2 Å². The highest BCUT2D eigenvalue weighted by atomic mass is 19.4. The van der Waals surface area contributed by atoms with Gasteiger partial charge in [0.2, 0.25) is 0 Å². The molecule has 1 heterocycles. The fraction of sp³-hybridized carbons (Fsp3) is 0.191. The topological polar surface area (TPSA) is 24.5 Å². The minimum Gasteiger partial charge on any atom is -0.406 e. The normalized spacial score (nSPS) is 15.4. The molecule has 1 N–H and O–H groups in total. The number of fused-ring (bicyclic) bond motifs is 2. The second-order valence-corrected chi connectivity index (χ2v) is 14.5. The van der Waals surface area contributed by atoms with Crippen molar-refractivity contribution in [2.24, 2.45) is 0 Å². The predicted molar refractivity (Wildman–Crippen MR) is 215 cm³/mol. The first kappa shape index (κ1) is 42.4. The Morgan fingerprint density at radius 1 is 0.746 bits per heavy atom. The van der Waals surface area contributed by atoms with Crippen molar-refractivity contribution in [1.82, 2.24) is 0 Å². The average molecular weight is 819 g/mol. The zero-order valence-electron chi connectivity index (χ0n) is 31.9. The van der Waals surface area contributed by atoms with Crippen LogP contribution in [0.25, 0.3) is 10.8 Å². The molecule has 0 radical (unpaired) electrons. The van der Waals surface area contributed by atoms with Gasteiger partial charge in [0, 0.05) is 40.1 Å². The van der Waals surface area contributed by atoms with E-state index < -0.39 is 46.7 Å². The molecule has 306 valence electrons. The lowest BCUT2D eigenvalue weighted by molar-refractivity contribution is -0.303. The van der Waals surface area contributed by atoms with Gasteiger partial charge in [-0.15, -0.1) is 13.2 Å². The fourth-order valence-electron chi connectivity index (χ4n) is 7.12. The first-order valence-electron chi connectivity index (χ1n) is 18.5. The third-order valence-electron chi connectivity index (χ3n) is 9.90. The Hall–Kier alpha value is -6.17. The summed E-state index contributed by atoms with van der Waals surface area (Å²) in [6, 6.07) is 29.4. The van der Waals surface area contributed by atoms with E-state index in [1.807, 2.05) is 54.6 Å². The number of alkyl halides is 9. The van der Waals surface area contributed by atoms with Gasteiger partial charge in [0.1, 0.15) is 5.76 Å². The van der Waals surface area contributed by atoms with E-state index in [0.717, 1.165) is 35.0 Å². The SMILES string of the molecule is C=C(/C=C/C=C(/C=C/C=C1/N(CCc2ccccc2)c2ccccc2C1(C)C)OC(F)(F)F)Cc1ccc2ccccc2c1Nc1cc(C(F)(F)F)cc(C(F)(F)F)c1. The zero-order valence-corrected chi connectivity index (χ0v) is 31.9. The molecule has 5 aromatic rings. The molecule has 0 bridgehead atoms. The molecule has 0 atom stereocenters. The molecule has 0 aliphatic carbocycles. The molecule has 0 saturated carbocycles. The zero-order chi connectivity index (χ0) is 42.6. The molecule has 0 saturated heterocycles. The van der Waals surface area contributed by atoms with Gasteiger partial charge < -0.3 is 15.0 Å². The highest BCUT2D eigenvalue weighted by Gasteiger charge is 2.40. The molecule has 12 heteroatoms. The van der Waals surface area contributed by atoms with Crippen molar-refractivity contribution in [3.63, 3.8) is 0 Å². The number of nitrogens with zero attached hydrogens (tertiary/aromatic N) is 1. The summed E-state index contributed by atoms with van der Waals surface area (Å²) in [5, 5.41) is 3.95. The van der Waals surface area contributed by atoms with Gasteiger partial charge in [-0.2, -0.15) is 26.3 Å². The van der Waals surface area contributed by atoms with Crippen LogP contribution in [0.5, 0.6) is 0 Å². The second kappa shape index (κ2) is 17.0. The molecular formula is C47H39F9N2O. The van der Waals surface area contributed by atoms with Crippen LogP contribution in [0.1, 0.15) is 41.7 Å². The van der Waals surface area contributed by atoms with E-state index in [1.54, 1.807) is 42.5 Å². The Morgan fingerprint density at radius 3 is 2.07 bits per heavy atom. The van der Waals surface area contributed by atoms with Crippen LogP contribution in [-0.2, 0) is 35.3 Å². The lowest BCUT2D eigenvalue weighted by Crippen LogP contribution is -2.27. The molecule has 5 aromatic carbocycles. The van der Waals surface area contributed by atoms with Crippen LogP contribution >= 0.6 is 0 Å². The van der Waals surface area contributed by atoms with Crippen LogP contribution in [0.15, 0.2) is 169 Å². The number of anilines is 3. The summed E-state index contributed by atoms with van der Waals surface area (Å²) >= 11 is 0. The quantitative estimate of drug-likeness (QED) is 0.0771. The fourth-order valence-corrected chi connectivity index (χ4v) is 7.12. The minimum absolute atomic E-state index is 0.0362. The van der Waals surface area contributed by atoms with E-state index in [-0.39, 0.29) is 18.2 Å². The average Bonchev–Trinajstić information content (AvgIpc) is 3.38. The van der Waals surface area contributed by atoms with Crippen molar-refractivity contribution in [2.75, 3.05) is 16.8 Å². The summed E-state index contributed by atoms with van der Waals surface area (Å²) in [4.78, 5) is 2.17. The smallest absolute Gasteiger partial charge is 0.406 e. The number of para-hydroxylation sites is 1. The molecule has 0 spiro atoms. The van der Waals surface area contributed by atoms with E-state index in [9.17, 15) is 39.5 Å². The number of allylic oxidation sites excluding steroid dienone is 8. The Labute approximate surface area is 336 Å². The van der Waals surface area contributed by atoms with E-state index in [2.05, 4.69) is 35.4 Å². The molecular weight excluding hydrogens is 780 g/mol. The molecule has 3 nitrogen and oxygen atoms in total. The van der Waals surface area contributed by atoms with Gasteiger partial charge in [-0.1, -0.05) is 129 Å². The van der Waals surface area contributed by atoms with Crippen LogP contribution in [0.3, 0.4) is 0 Å². The number of ether oxygens (including phenoxy) is 1. The highest BCUT2D eigenvalue weighted by Crippen LogP contribution is 2.48. The largest absolute Gasteiger partial charge is 0.573 e. The Kier molecular flexibility index (Phi) is 12.2. The van der Waals surface area contributed by atoms with Crippen molar-refractivity contribution in [2.45, 2.75) is 50.8 Å². The number of hydrogen-bond donors (Lipinski definition) is 1. The summed E-state index contributed by atoms with van der Waals surface area (Å²) in [5.74, 6) is -0.513. The number of benzene rings is 5. The van der Waals surface area contributed by atoms with E-state index in [0.29, 0.717) is 40.6 Å². The molecule has 0 unspecified atom stereocenters. The molecule has 6 rings (SSSR count). The van der Waals surface area contributed by atoms with Crippen LogP contribution in [0.2, 0.25) is 0 Å². The Balaban J connectivity index is 1.26. The third kappa shape index (κ3) is 10.5. The number of halogens is 9. The lowest BCUT2D eigenvalue weighted by Gasteiger charge is -2.27. The Morgan fingerprint density at radius 2 is 1.39 bits per heavy atom. The van der Waals surface area contributed by atoms with Gasteiger partial charge in [0.25, 0.3) is 0 Å². The first-order valence-corrected chi connectivity index (χ1v) is 18.5. The van der Waals surface area contributed by atoms with Gasteiger partial charge >= 0.3 is 18.7 Å². The molecule has 59 heavy (non-hydrogen) atoms. The molecule has 1 aliphatic heterocycles. The van der Waals surface area contributed by atoms with Gasteiger partial charge in [-0.05, 0) is 77.4 Å². The summed E-state index contributed by atoms with van der Waals surface area (Å²) in [6.07, 6.45) is -5.95. The Bertz CT molecular complexity index is 2400. The number of rotatable bonds is 12. The molecule has 0 fully saturated rings. The maximum absolute atomic E-state index is 13.7. The monoisotopic (exact) mass is 818 g/mol. The summed E-state index contributed by atoms with van der Waals surface area (Å²) in [7, 11) is 0. The minimum atomic E-state index is -5.05. The van der Waals surface area contributed by atoms with Gasteiger partial charge in [0.15, 0.2) is 0 Å². The van der Waals surface area contributed by atoms with Gasteiger partial charge in [0.05, 0.1) is 11.1 Å². The molecule has 0 aromatic heterocycles. The summed E-state index contributed by atoms with van der Waals surface area (Å²) in [5.41, 5.74) is 1.37. The molecule has 0 amide bonds. The predicted octanol–water partition coefficient (Wildman–Crippen LogP) is 14.2. The summed E-state index contributed by atoms with van der Waals surface area (Å²) < 4.78 is 127. The number of nitrogens with one attached hydrogen (secondary N) is 1. The third-order valence-corrected chi connectivity index (χ3v) is 9.90. The standard InChI is InChI=1S/C47H39F9N2O/c1-31(27-34-24-23-33-16-7-8-19-39(33)43(34)57-37-29-35(45(48,49)50)28-36(30-37)46(51,52)53)13-11-17-38(59-47(54,55)56)18-12-22-42-44(2,3)40-20-9-10-21-41(40)58(42)26-25-32-14-5-4-6-15-32/h4-24,28-30,57H,1,25-27H2,2-3H3/b13-11+,18-12+,38-17-,42-22+. The van der Waals surface area contributed by atoms with Crippen molar-refractivity contribution < 1.29 is 44.3 Å². The van der Waals surface area contributed by atoms with Crippen molar-refractivity contribution >= 4 is 27.8 Å². The van der Waals surface area contributed by atoms with E-state index >= 15 is 0 Å². The maximum atomic E-state index is 13.7. The van der Waals surface area contributed by atoms with Crippen molar-refractivity contribution in [1.29, 1.82) is 0 Å². The van der Waals surface area contributed by atoms with Crippen LogP contribution in [0, 0.1) is 0 Å². The highest BCUT2D eigenvalue weighted by molar-refractivity contribution is 5.97. The van der Waals surface area contributed by atoms with Crippen molar-refractivity contribution in [3.8, 4) is 0 Å².